The fourth-order valence-corrected chi connectivity index (χ4v) is 11.4. The molecule has 14 aromatic rings. The van der Waals surface area contributed by atoms with Crippen molar-refractivity contribution in [2.24, 2.45) is 0 Å². The molecule has 0 aliphatic carbocycles. The second kappa shape index (κ2) is 18.1. The number of fused-ring (bicyclic) bond motifs is 6. The minimum atomic E-state index is 1.15. The fraction of sp³-hybridized carbons (Fsp3) is 0. The van der Waals surface area contributed by atoms with E-state index in [1.54, 1.807) is 0 Å². The van der Waals surface area contributed by atoms with Gasteiger partial charge in [-0.05, 0) is 139 Å². The molecule has 0 amide bonds. The Morgan fingerprint density at radius 1 is 0.176 bits per heavy atom. The minimum absolute atomic E-state index is 1.15. The minimum Gasteiger partial charge on any atom is -0.309 e. The molecule has 0 radical (unpaired) electrons. The van der Waals surface area contributed by atoms with Crippen molar-refractivity contribution >= 4 is 43.6 Å². The van der Waals surface area contributed by atoms with Crippen LogP contribution in [0, 0.1) is 0 Å². The van der Waals surface area contributed by atoms with Crippen LogP contribution in [0.15, 0.2) is 291 Å². The van der Waals surface area contributed by atoms with Crippen LogP contribution in [0.3, 0.4) is 0 Å². The van der Waals surface area contributed by atoms with Crippen molar-refractivity contribution in [3.05, 3.63) is 291 Å². The summed E-state index contributed by atoms with van der Waals surface area (Å²) < 4.78 is 4.86. The van der Waals surface area contributed by atoms with Crippen LogP contribution in [0.1, 0.15) is 0 Å². The SMILES string of the molecule is c1ccc(-c2cccc(-n3c4ccccc4c4cc(-c5ccc6c(c5)c5ccccc5n6-c5ccccc5-c5ccc(-c6cccc(-c7cccc(-c8ccccc8-c8ccccc8)c7)c6)cc5)ccc43)c2)cc1. The number of para-hydroxylation sites is 3. The first-order valence-corrected chi connectivity index (χ1v) is 25.5. The molecule has 2 nitrogen and oxygen atoms in total. The summed E-state index contributed by atoms with van der Waals surface area (Å²) in [6, 6.07) is 106. The van der Waals surface area contributed by atoms with Gasteiger partial charge < -0.3 is 9.13 Å². The molecule has 0 atom stereocenters. The van der Waals surface area contributed by atoms with E-state index < -0.39 is 0 Å². The molecule has 12 aromatic carbocycles. The monoisotopic (exact) mass is 940 g/mol. The first-order valence-electron chi connectivity index (χ1n) is 25.5. The Bertz CT molecular complexity index is 4400. The fourth-order valence-electron chi connectivity index (χ4n) is 11.4. The maximum absolute atomic E-state index is 2.45. The molecule has 0 bridgehead atoms. The molecule has 2 heteroatoms. The highest BCUT2D eigenvalue weighted by Crippen LogP contribution is 2.41. The lowest BCUT2D eigenvalue weighted by atomic mass is 9.92. The van der Waals surface area contributed by atoms with Crippen molar-refractivity contribution < 1.29 is 0 Å². The average Bonchev–Trinajstić information content (AvgIpc) is 4.02. The summed E-state index contributed by atoms with van der Waals surface area (Å²) in [6.07, 6.45) is 0. The number of aromatic nitrogens is 2. The first-order chi connectivity index (χ1) is 36.7. The summed E-state index contributed by atoms with van der Waals surface area (Å²) in [5.74, 6) is 0. The van der Waals surface area contributed by atoms with Gasteiger partial charge in [-0.2, -0.15) is 0 Å². The molecule has 0 N–H and O–H groups in total. The number of nitrogens with zero attached hydrogens (tertiary/aromatic N) is 2. The molecule has 0 saturated carbocycles. The lowest BCUT2D eigenvalue weighted by Gasteiger charge is -2.15. The summed E-state index contributed by atoms with van der Waals surface area (Å²) >= 11 is 0. The van der Waals surface area contributed by atoms with Crippen LogP contribution < -0.4 is 0 Å². The zero-order chi connectivity index (χ0) is 49.0. The number of hydrogen-bond acceptors (Lipinski definition) is 0. The smallest absolute Gasteiger partial charge is 0.0541 e. The lowest BCUT2D eigenvalue weighted by Crippen LogP contribution is -1.97. The van der Waals surface area contributed by atoms with Crippen LogP contribution in [0.4, 0.5) is 0 Å². The van der Waals surface area contributed by atoms with Crippen molar-refractivity contribution in [3.63, 3.8) is 0 Å². The van der Waals surface area contributed by atoms with Crippen LogP contribution in [0.2, 0.25) is 0 Å². The average molecular weight is 941 g/mol. The number of hydrogen-bond donors (Lipinski definition) is 0. The van der Waals surface area contributed by atoms with Gasteiger partial charge in [0.15, 0.2) is 0 Å². The topological polar surface area (TPSA) is 9.86 Å². The van der Waals surface area contributed by atoms with Crippen LogP contribution in [0.5, 0.6) is 0 Å². The highest BCUT2D eigenvalue weighted by molar-refractivity contribution is 6.13. The van der Waals surface area contributed by atoms with E-state index in [1.165, 1.54) is 122 Å². The van der Waals surface area contributed by atoms with Gasteiger partial charge in [0.2, 0.25) is 0 Å². The van der Waals surface area contributed by atoms with Gasteiger partial charge in [0.05, 0.1) is 27.8 Å². The van der Waals surface area contributed by atoms with E-state index in [-0.39, 0.29) is 0 Å². The third-order valence-corrected chi connectivity index (χ3v) is 14.9. The number of rotatable bonds is 9. The molecule has 0 aliphatic heterocycles. The predicted octanol–water partition coefficient (Wildman–Crippen LogP) is 19.5. The van der Waals surface area contributed by atoms with Crippen LogP contribution >= 0.6 is 0 Å². The Balaban J connectivity index is 0.798. The largest absolute Gasteiger partial charge is 0.309 e. The summed E-state index contributed by atoms with van der Waals surface area (Å²) in [5, 5.41) is 4.95. The maximum Gasteiger partial charge on any atom is 0.0541 e. The zero-order valence-corrected chi connectivity index (χ0v) is 40.6. The van der Waals surface area contributed by atoms with Gasteiger partial charge in [0.25, 0.3) is 0 Å². The van der Waals surface area contributed by atoms with Gasteiger partial charge in [-0.25, -0.2) is 0 Å². The van der Waals surface area contributed by atoms with Gasteiger partial charge in [0, 0.05) is 32.8 Å². The quantitative estimate of drug-likeness (QED) is 0.136. The van der Waals surface area contributed by atoms with E-state index in [9.17, 15) is 0 Å². The summed E-state index contributed by atoms with van der Waals surface area (Å²) in [6.45, 7) is 0. The molecule has 0 spiro atoms. The van der Waals surface area contributed by atoms with Crippen LogP contribution in [-0.4, -0.2) is 9.13 Å². The van der Waals surface area contributed by atoms with Crippen LogP contribution in [-0.2, 0) is 0 Å². The lowest BCUT2D eigenvalue weighted by molar-refractivity contribution is 1.18. The van der Waals surface area contributed by atoms with Crippen molar-refractivity contribution in [2.75, 3.05) is 0 Å². The molecule has 74 heavy (non-hydrogen) atoms. The normalized spacial score (nSPS) is 11.5. The van der Waals surface area contributed by atoms with Gasteiger partial charge in [-0.3, -0.25) is 0 Å². The third kappa shape index (κ3) is 7.52. The van der Waals surface area contributed by atoms with Gasteiger partial charge in [-0.15, -0.1) is 0 Å². The Hall–Kier alpha value is -9.76. The Morgan fingerprint density at radius 3 is 1.19 bits per heavy atom. The molecule has 0 unspecified atom stereocenters. The second-order valence-corrected chi connectivity index (χ2v) is 19.3. The zero-order valence-electron chi connectivity index (χ0n) is 40.6. The Labute approximate surface area is 431 Å². The summed E-state index contributed by atoms with van der Waals surface area (Å²) in [4.78, 5) is 0. The highest BCUT2D eigenvalue weighted by Gasteiger charge is 2.19. The van der Waals surface area contributed by atoms with Crippen molar-refractivity contribution in [3.8, 4) is 89.3 Å². The summed E-state index contributed by atoms with van der Waals surface area (Å²) in [5.41, 5.74) is 23.9. The maximum atomic E-state index is 2.45. The predicted molar refractivity (Wildman–Crippen MR) is 313 cm³/mol. The van der Waals surface area contributed by atoms with Crippen molar-refractivity contribution in [1.29, 1.82) is 0 Å². The molecular weight excluding hydrogens is 893 g/mol. The Kier molecular flexibility index (Phi) is 10.6. The highest BCUT2D eigenvalue weighted by atomic mass is 15.0. The molecule has 0 aliphatic rings. The van der Waals surface area contributed by atoms with E-state index >= 15 is 0 Å². The van der Waals surface area contributed by atoms with Crippen molar-refractivity contribution in [1.82, 2.24) is 9.13 Å². The molecule has 0 saturated heterocycles. The van der Waals surface area contributed by atoms with Crippen molar-refractivity contribution in [2.45, 2.75) is 0 Å². The van der Waals surface area contributed by atoms with Gasteiger partial charge >= 0.3 is 0 Å². The van der Waals surface area contributed by atoms with Gasteiger partial charge in [-0.1, -0.05) is 224 Å². The second-order valence-electron chi connectivity index (χ2n) is 19.3. The first kappa shape index (κ1) is 43.1. The third-order valence-electron chi connectivity index (χ3n) is 14.9. The van der Waals surface area contributed by atoms with Crippen LogP contribution in [0.25, 0.3) is 133 Å². The number of benzene rings is 12. The summed E-state index contributed by atoms with van der Waals surface area (Å²) in [7, 11) is 0. The molecule has 2 heterocycles. The standard InChI is InChI=1S/C72H48N2/c1-3-18-49(19-4-1)56-25-17-27-60(46-56)73-69-34-13-10-31-64(69)66-47-57(40-42-71(66)73)58-41-43-72-67(48-58)65-32-11-14-35-70(65)74(72)68-33-12-9-30-63(68)52-38-36-50(37-39-52)53-22-15-23-54(44-53)55-24-16-26-59(45-55)62-29-8-7-28-61(62)51-20-5-2-6-21-51/h1-48H. The molecule has 346 valence electrons. The molecule has 0 fully saturated rings. The van der Waals surface area contributed by atoms with E-state index in [0.29, 0.717) is 0 Å². The van der Waals surface area contributed by atoms with E-state index in [1.807, 2.05) is 0 Å². The van der Waals surface area contributed by atoms with Gasteiger partial charge in [0.1, 0.15) is 0 Å². The molecule has 2 aromatic heterocycles. The molecular formula is C72H48N2. The molecule has 14 rings (SSSR count). The van der Waals surface area contributed by atoms with E-state index in [0.717, 1.165) is 11.4 Å². The Morgan fingerprint density at radius 2 is 0.541 bits per heavy atom. The van der Waals surface area contributed by atoms with E-state index in [4.69, 9.17) is 0 Å². The van der Waals surface area contributed by atoms with E-state index in [2.05, 4.69) is 300 Å².